The minimum Gasteiger partial charge on any atom is -0.314 e. The van der Waals surface area contributed by atoms with E-state index in [9.17, 15) is 0 Å². The summed E-state index contributed by atoms with van der Waals surface area (Å²) in [5.74, 6) is 0. The Hall–Kier alpha value is -0.760. The molecule has 0 aliphatic heterocycles. The van der Waals surface area contributed by atoms with Gasteiger partial charge in [-0.15, -0.1) is 16.4 Å². The Kier molecular flexibility index (Phi) is 5.50. The molecule has 0 amide bonds. The van der Waals surface area contributed by atoms with E-state index in [-0.39, 0.29) is 0 Å². The van der Waals surface area contributed by atoms with E-state index < -0.39 is 0 Å². The summed E-state index contributed by atoms with van der Waals surface area (Å²) in [4.78, 5) is 3.65. The third-order valence-electron chi connectivity index (χ3n) is 2.70. The summed E-state index contributed by atoms with van der Waals surface area (Å²) in [6, 6.07) is 2.17. The zero-order chi connectivity index (χ0) is 13.7. The first-order valence-electron chi connectivity index (χ1n) is 6.12. The van der Waals surface area contributed by atoms with Crippen LogP contribution in [-0.4, -0.2) is 40.5 Å². The van der Waals surface area contributed by atoms with Crippen LogP contribution in [0, 0.1) is 0 Å². The van der Waals surface area contributed by atoms with Crippen LogP contribution >= 0.6 is 27.3 Å². The second-order valence-electron chi connectivity index (χ2n) is 4.47. The van der Waals surface area contributed by atoms with Crippen LogP contribution < -0.4 is 5.32 Å². The van der Waals surface area contributed by atoms with Crippen LogP contribution in [0.15, 0.2) is 22.1 Å². The fraction of sp³-hybridized carbons (Fsp3) is 0.500. The smallest absolute Gasteiger partial charge is 0.0964 e. The predicted octanol–water partition coefficient (Wildman–Crippen LogP) is 1.95. The first kappa shape index (κ1) is 14.6. The fourth-order valence-electron chi connectivity index (χ4n) is 1.76. The van der Waals surface area contributed by atoms with Gasteiger partial charge in [0.2, 0.25) is 0 Å². The van der Waals surface area contributed by atoms with Gasteiger partial charge in [-0.05, 0) is 36.1 Å². The van der Waals surface area contributed by atoms with E-state index in [1.54, 1.807) is 11.3 Å². The lowest BCUT2D eigenvalue weighted by molar-refractivity contribution is 0.306. The Labute approximate surface area is 125 Å². The van der Waals surface area contributed by atoms with Crippen molar-refractivity contribution in [3.05, 3.63) is 32.7 Å². The van der Waals surface area contributed by atoms with Crippen LogP contribution in [0.5, 0.6) is 0 Å². The number of likely N-dealkylation sites (N-methyl/N-ethyl adjacent to an activating group) is 1. The summed E-state index contributed by atoms with van der Waals surface area (Å²) in [6.45, 7) is 3.55. The van der Waals surface area contributed by atoms with Crippen molar-refractivity contribution >= 4 is 27.3 Å². The van der Waals surface area contributed by atoms with Gasteiger partial charge in [0, 0.05) is 40.6 Å². The van der Waals surface area contributed by atoms with Gasteiger partial charge in [0.15, 0.2) is 0 Å². The first-order valence-corrected chi connectivity index (χ1v) is 7.79. The number of aromatic nitrogens is 3. The number of halogens is 1. The van der Waals surface area contributed by atoms with Gasteiger partial charge in [0.25, 0.3) is 0 Å². The van der Waals surface area contributed by atoms with Crippen molar-refractivity contribution in [2.45, 2.75) is 19.6 Å². The normalized spacial score (nSPS) is 11.4. The summed E-state index contributed by atoms with van der Waals surface area (Å²) in [6.07, 6.45) is 1.99. The third-order valence-corrected chi connectivity index (χ3v) is 4.38. The second-order valence-corrected chi connectivity index (χ2v) is 6.38. The number of nitrogens with zero attached hydrogens (tertiary/aromatic N) is 4. The van der Waals surface area contributed by atoms with Crippen LogP contribution in [-0.2, 0) is 19.6 Å². The second kappa shape index (κ2) is 7.14. The Bertz CT molecular complexity index is 510. The molecule has 0 saturated heterocycles. The summed E-state index contributed by atoms with van der Waals surface area (Å²) in [5, 5.41) is 13.4. The molecule has 104 valence electrons. The molecule has 0 saturated carbocycles. The number of nitrogens with one attached hydrogen (secondary N) is 1. The topological polar surface area (TPSA) is 46.0 Å². The molecular weight excluding hydrogens is 326 g/mol. The van der Waals surface area contributed by atoms with Crippen LogP contribution in [0.3, 0.4) is 0 Å². The first-order chi connectivity index (χ1) is 9.17. The zero-order valence-corrected chi connectivity index (χ0v) is 13.5. The molecule has 0 bridgehead atoms. The largest absolute Gasteiger partial charge is 0.314 e. The Balaban J connectivity index is 1.77. The number of thiophene rings is 1. The molecule has 7 heteroatoms. The van der Waals surface area contributed by atoms with Gasteiger partial charge in [-0.2, -0.15) is 0 Å². The predicted molar refractivity (Wildman–Crippen MR) is 81.1 cm³/mol. The Morgan fingerprint density at radius 1 is 1.53 bits per heavy atom. The molecule has 2 heterocycles. The minimum absolute atomic E-state index is 0.763. The van der Waals surface area contributed by atoms with Gasteiger partial charge >= 0.3 is 0 Å². The van der Waals surface area contributed by atoms with E-state index in [4.69, 9.17) is 0 Å². The van der Waals surface area contributed by atoms with Crippen LogP contribution in [0.4, 0.5) is 0 Å². The van der Waals surface area contributed by atoms with Crippen molar-refractivity contribution in [1.82, 2.24) is 25.2 Å². The lowest BCUT2D eigenvalue weighted by atomic mass is 10.4. The zero-order valence-electron chi connectivity index (χ0n) is 11.1. The van der Waals surface area contributed by atoms with Crippen molar-refractivity contribution in [1.29, 1.82) is 0 Å². The van der Waals surface area contributed by atoms with E-state index in [1.807, 2.05) is 17.9 Å². The van der Waals surface area contributed by atoms with Crippen molar-refractivity contribution in [3.63, 3.8) is 0 Å². The van der Waals surface area contributed by atoms with Crippen molar-refractivity contribution in [2.75, 3.05) is 20.6 Å². The molecule has 2 rings (SSSR count). The lowest BCUT2D eigenvalue weighted by Gasteiger charge is -2.14. The molecule has 2 aromatic heterocycles. The average Bonchev–Trinajstić information content (AvgIpc) is 2.97. The molecule has 0 atom stereocenters. The minimum atomic E-state index is 0.763. The van der Waals surface area contributed by atoms with E-state index >= 15 is 0 Å². The molecule has 19 heavy (non-hydrogen) atoms. The van der Waals surface area contributed by atoms with Gasteiger partial charge in [0.05, 0.1) is 12.2 Å². The molecule has 0 fully saturated rings. The molecule has 1 N–H and O–H groups in total. The van der Waals surface area contributed by atoms with Gasteiger partial charge in [-0.1, -0.05) is 5.21 Å². The van der Waals surface area contributed by atoms with Crippen LogP contribution in [0.1, 0.15) is 10.6 Å². The highest BCUT2D eigenvalue weighted by molar-refractivity contribution is 9.10. The standard InChI is InChI=1S/C12H18BrN5S/c1-14-6-11-7-18(16-15-11)4-3-17(2)8-12-5-10(13)9-19-12/h5,7,9,14H,3-4,6,8H2,1-2H3. The van der Waals surface area contributed by atoms with E-state index in [2.05, 4.69) is 55.0 Å². The average molecular weight is 344 g/mol. The quantitative estimate of drug-likeness (QED) is 0.834. The summed E-state index contributed by atoms with van der Waals surface area (Å²) in [5.41, 5.74) is 0.979. The van der Waals surface area contributed by atoms with Gasteiger partial charge in [-0.25, -0.2) is 0 Å². The van der Waals surface area contributed by atoms with Crippen LogP contribution in [0.25, 0.3) is 0 Å². The molecule has 0 radical (unpaired) electrons. The highest BCUT2D eigenvalue weighted by Crippen LogP contribution is 2.20. The molecule has 2 aromatic rings. The highest BCUT2D eigenvalue weighted by atomic mass is 79.9. The van der Waals surface area contributed by atoms with Gasteiger partial charge < -0.3 is 5.32 Å². The maximum absolute atomic E-state index is 4.11. The van der Waals surface area contributed by atoms with Crippen molar-refractivity contribution in [2.24, 2.45) is 0 Å². The highest BCUT2D eigenvalue weighted by Gasteiger charge is 2.04. The molecule has 0 unspecified atom stereocenters. The summed E-state index contributed by atoms with van der Waals surface area (Å²) < 4.78 is 3.06. The van der Waals surface area contributed by atoms with Crippen molar-refractivity contribution < 1.29 is 0 Å². The van der Waals surface area contributed by atoms with Gasteiger partial charge in [-0.3, -0.25) is 9.58 Å². The Morgan fingerprint density at radius 2 is 2.37 bits per heavy atom. The maximum Gasteiger partial charge on any atom is 0.0964 e. The summed E-state index contributed by atoms with van der Waals surface area (Å²) >= 11 is 5.26. The summed E-state index contributed by atoms with van der Waals surface area (Å²) in [7, 11) is 4.03. The number of hydrogen-bond donors (Lipinski definition) is 1. The number of hydrogen-bond acceptors (Lipinski definition) is 5. The molecule has 0 spiro atoms. The molecule has 0 aromatic carbocycles. The van der Waals surface area contributed by atoms with Crippen LogP contribution in [0.2, 0.25) is 0 Å². The molecular formula is C12H18BrN5S. The SMILES string of the molecule is CNCc1cn(CCN(C)Cc2cc(Br)cs2)nn1. The van der Waals surface area contributed by atoms with Gasteiger partial charge in [0.1, 0.15) is 0 Å². The molecule has 0 aliphatic carbocycles. The monoisotopic (exact) mass is 343 g/mol. The van der Waals surface area contributed by atoms with E-state index in [1.165, 1.54) is 4.88 Å². The number of rotatable bonds is 7. The lowest BCUT2D eigenvalue weighted by Crippen LogP contribution is -2.22. The fourth-order valence-corrected chi connectivity index (χ4v) is 3.30. The van der Waals surface area contributed by atoms with Crippen molar-refractivity contribution in [3.8, 4) is 0 Å². The molecule has 0 aliphatic rings. The Morgan fingerprint density at radius 3 is 3.05 bits per heavy atom. The van der Waals surface area contributed by atoms with E-state index in [0.717, 1.165) is 36.3 Å². The van der Waals surface area contributed by atoms with E-state index in [0.29, 0.717) is 0 Å². The maximum atomic E-state index is 4.11. The third kappa shape index (κ3) is 4.68. The molecule has 5 nitrogen and oxygen atoms in total.